The molecule has 13 heteroatoms. The second-order valence-electron chi connectivity index (χ2n) is 8.57. The molecule has 2 aromatic carbocycles. The van der Waals surface area contributed by atoms with Crippen molar-refractivity contribution in [1.82, 2.24) is 10.2 Å². The van der Waals surface area contributed by atoms with Crippen LogP contribution in [0.2, 0.25) is 10.0 Å². The minimum absolute atomic E-state index is 0.0723. The zero-order valence-electron chi connectivity index (χ0n) is 20.6. The van der Waals surface area contributed by atoms with Gasteiger partial charge in [-0.05, 0) is 56.2 Å². The number of alkyl halides is 3. The molecule has 0 spiro atoms. The van der Waals surface area contributed by atoms with Gasteiger partial charge in [0, 0.05) is 17.6 Å². The molecule has 1 N–H and O–H groups in total. The zero-order chi connectivity index (χ0) is 28.1. The van der Waals surface area contributed by atoms with Crippen LogP contribution in [0.5, 0.6) is 0 Å². The number of carbonyl (C=O) groups excluding carboxylic acids is 2. The summed E-state index contributed by atoms with van der Waals surface area (Å²) < 4.78 is 65.9. The molecule has 0 fully saturated rings. The van der Waals surface area contributed by atoms with Crippen molar-refractivity contribution in [2.24, 2.45) is 0 Å². The van der Waals surface area contributed by atoms with Crippen LogP contribution >= 0.6 is 23.2 Å². The second-order valence-corrected chi connectivity index (χ2v) is 11.3. The SMILES string of the molecule is CC[C@@H](C)NC(=O)[C@H](C)N(Cc1ccc(Cl)cc1)C(=O)CN(c1ccc(Cl)c(C(F)(F)F)c1)S(C)(=O)=O. The van der Waals surface area contributed by atoms with Crippen LogP contribution < -0.4 is 9.62 Å². The lowest BCUT2D eigenvalue weighted by Gasteiger charge is -2.32. The van der Waals surface area contributed by atoms with Crippen molar-refractivity contribution in [3.8, 4) is 0 Å². The van der Waals surface area contributed by atoms with E-state index >= 15 is 0 Å². The van der Waals surface area contributed by atoms with Crippen molar-refractivity contribution in [3.05, 3.63) is 63.6 Å². The lowest BCUT2D eigenvalue weighted by molar-refractivity contribution is -0.139. The Bertz CT molecular complexity index is 1220. The molecule has 204 valence electrons. The van der Waals surface area contributed by atoms with Crippen molar-refractivity contribution in [3.63, 3.8) is 0 Å². The van der Waals surface area contributed by atoms with Crippen LogP contribution in [0.25, 0.3) is 0 Å². The molecular formula is C24H28Cl2F3N3O4S. The first-order chi connectivity index (χ1) is 17.0. The lowest BCUT2D eigenvalue weighted by atomic mass is 10.1. The van der Waals surface area contributed by atoms with Gasteiger partial charge in [0.15, 0.2) is 0 Å². The Hall–Kier alpha value is -2.50. The number of anilines is 1. The van der Waals surface area contributed by atoms with Gasteiger partial charge in [0.2, 0.25) is 21.8 Å². The molecule has 0 saturated carbocycles. The minimum Gasteiger partial charge on any atom is -0.352 e. The lowest BCUT2D eigenvalue weighted by Crippen LogP contribution is -2.52. The maximum absolute atomic E-state index is 13.5. The average molecular weight is 582 g/mol. The standard InChI is InChI=1S/C24H28Cl2F3N3O4S/c1-5-15(2)30-23(34)16(3)31(13-17-6-8-18(25)9-7-17)22(33)14-32(37(4,35)36)19-10-11-21(26)20(12-19)24(27,28)29/h6-12,15-16H,5,13-14H2,1-4H3,(H,30,34)/t15-,16+/m1/s1. The number of nitrogens with zero attached hydrogens (tertiary/aromatic N) is 2. The fourth-order valence-electron chi connectivity index (χ4n) is 3.33. The Labute approximate surface area is 224 Å². The van der Waals surface area contributed by atoms with Gasteiger partial charge in [-0.25, -0.2) is 8.42 Å². The third-order valence-electron chi connectivity index (χ3n) is 5.66. The van der Waals surface area contributed by atoms with Crippen LogP contribution in [0, 0.1) is 0 Å². The van der Waals surface area contributed by atoms with Gasteiger partial charge in [0.1, 0.15) is 12.6 Å². The molecule has 0 aliphatic rings. The van der Waals surface area contributed by atoms with E-state index in [2.05, 4.69) is 5.32 Å². The summed E-state index contributed by atoms with van der Waals surface area (Å²) in [6.07, 6.45) is -3.43. The van der Waals surface area contributed by atoms with Gasteiger partial charge in [0.05, 0.1) is 22.5 Å². The molecule has 0 aliphatic heterocycles. The molecule has 37 heavy (non-hydrogen) atoms. The first-order valence-electron chi connectivity index (χ1n) is 11.2. The quantitative estimate of drug-likeness (QED) is 0.422. The molecule has 0 aliphatic carbocycles. The molecule has 2 aromatic rings. The highest BCUT2D eigenvalue weighted by atomic mass is 35.5. The largest absolute Gasteiger partial charge is 0.417 e. The summed E-state index contributed by atoms with van der Waals surface area (Å²) in [7, 11) is -4.21. The summed E-state index contributed by atoms with van der Waals surface area (Å²) in [6, 6.07) is 7.84. The number of sulfonamides is 1. The van der Waals surface area contributed by atoms with Gasteiger partial charge in [0.25, 0.3) is 0 Å². The fraction of sp³-hybridized carbons (Fsp3) is 0.417. The van der Waals surface area contributed by atoms with Crippen LogP contribution in [0.4, 0.5) is 18.9 Å². The third-order valence-corrected chi connectivity index (χ3v) is 7.38. The number of hydrogen-bond acceptors (Lipinski definition) is 4. The minimum atomic E-state index is -4.84. The Morgan fingerprint density at radius 3 is 2.16 bits per heavy atom. The molecule has 2 amide bonds. The van der Waals surface area contributed by atoms with E-state index in [9.17, 15) is 31.2 Å². The van der Waals surface area contributed by atoms with E-state index in [4.69, 9.17) is 23.2 Å². The number of halogens is 5. The fourth-order valence-corrected chi connectivity index (χ4v) is 4.53. The molecule has 0 bridgehead atoms. The highest BCUT2D eigenvalue weighted by molar-refractivity contribution is 7.92. The van der Waals surface area contributed by atoms with Crippen LogP contribution in [0.15, 0.2) is 42.5 Å². The van der Waals surface area contributed by atoms with Crippen molar-refractivity contribution >= 4 is 50.7 Å². The molecule has 2 atom stereocenters. The van der Waals surface area contributed by atoms with Crippen LogP contribution in [0.1, 0.15) is 38.3 Å². The predicted molar refractivity (Wildman–Crippen MR) is 138 cm³/mol. The maximum atomic E-state index is 13.5. The predicted octanol–water partition coefficient (Wildman–Crippen LogP) is 5.11. The maximum Gasteiger partial charge on any atom is 0.417 e. The number of benzene rings is 2. The van der Waals surface area contributed by atoms with E-state index in [1.54, 1.807) is 31.2 Å². The second kappa shape index (κ2) is 12.4. The number of nitrogens with one attached hydrogen (secondary N) is 1. The zero-order valence-corrected chi connectivity index (χ0v) is 23.0. The third kappa shape index (κ3) is 8.51. The van der Waals surface area contributed by atoms with E-state index in [0.29, 0.717) is 27.4 Å². The molecule has 0 radical (unpaired) electrons. The highest BCUT2D eigenvalue weighted by Gasteiger charge is 2.35. The normalized spacial score (nSPS) is 13.5. The average Bonchev–Trinajstić information content (AvgIpc) is 2.80. The first kappa shape index (κ1) is 30.7. The summed E-state index contributed by atoms with van der Waals surface area (Å²) in [5.41, 5.74) is -1.03. The van der Waals surface area contributed by atoms with Gasteiger partial charge in [-0.15, -0.1) is 0 Å². The van der Waals surface area contributed by atoms with E-state index in [1.165, 1.54) is 11.8 Å². The summed E-state index contributed by atoms with van der Waals surface area (Å²) >= 11 is 11.6. The first-order valence-corrected chi connectivity index (χ1v) is 13.8. The highest BCUT2D eigenvalue weighted by Crippen LogP contribution is 2.37. The Balaban J connectivity index is 2.47. The topological polar surface area (TPSA) is 86.8 Å². The number of carbonyl (C=O) groups is 2. The van der Waals surface area contributed by atoms with Gasteiger partial charge in [-0.2, -0.15) is 13.2 Å². The molecular weight excluding hydrogens is 554 g/mol. The Morgan fingerprint density at radius 1 is 1.05 bits per heavy atom. The van der Waals surface area contributed by atoms with E-state index in [1.807, 2.05) is 6.92 Å². The van der Waals surface area contributed by atoms with Crippen molar-refractivity contribution in [2.45, 2.75) is 52.0 Å². The summed E-state index contributed by atoms with van der Waals surface area (Å²) in [5, 5.41) is 2.62. The Morgan fingerprint density at radius 2 is 1.65 bits per heavy atom. The van der Waals surface area contributed by atoms with E-state index in [-0.39, 0.29) is 12.6 Å². The molecule has 0 heterocycles. The summed E-state index contributed by atoms with van der Waals surface area (Å²) in [6.45, 7) is 4.24. The summed E-state index contributed by atoms with van der Waals surface area (Å²) in [4.78, 5) is 27.5. The van der Waals surface area contributed by atoms with Gasteiger partial charge in [-0.3, -0.25) is 13.9 Å². The summed E-state index contributed by atoms with van der Waals surface area (Å²) in [5.74, 6) is -1.26. The molecule has 7 nitrogen and oxygen atoms in total. The molecule has 0 saturated heterocycles. The van der Waals surface area contributed by atoms with E-state index < -0.39 is 56.9 Å². The van der Waals surface area contributed by atoms with Crippen molar-refractivity contribution < 1.29 is 31.2 Å². The van der Waals surface area contributed by atoms with E-state index in [0.717, 1.165) is 18.4 Å². The van der Waals surface area contributed by atoms with Crippen LogP contribution in [-0.2, 0) is 32.3 Å². The van der Waals surface area contributed by atoms with Crippen molar-refractivity contribution in [2.75, 3.05) is 17.1 Å². The smallest absolute Gasteiger partial charge is 0.352 e. The van der Waals surface area contributed by atoms with Crippen LogP contribution in [-0.4, -0.2) is 50.0 Å². The number of rotatable bonds is 10. The molecule has 2 rings (SSSR count). The molecule has 0 aromatic heterocycles. The van der Waals surface area contributed by atoms with Gasteiger partial charge < -0.3 is 10.2 Å². The van der Waals surface area contributed by atoms with Gasteiger partial charge in [-0.1, -0.05) is 42.3 Å². The Kier molecular flexibility index (Phi) is 10.3. The monoisotopic (exact) mass is 581 g/mol. The number of amides is 2. The molecule has 0 unspecified atom stereocenters. The van der Waals surface area contributed by atoms with Crippen LogP contribution in [0.3, 0.4) is 0 Å². The van der Waals surface area contributed by atoms with Gasteiger partial charge >= 0.3 is 6.18 Å². The van der Waals surface area contributed by atoms with Crippen molar-refractivity contribution in [1.29, 1.82) is 0 Å². The number of hydrogen-bond donors (Lipinski definition) is 1.